The largest absolute Gasteiger partial charge is 0.508 e. The number of amides is 1. The topological polar surface area (TPSA) is 103 Å². The van der Waals surface area contributed by atoms with Gasteiger partial charge in [-0.05, 0) is 40.0 Å². The molecule has 1 aromatic carbocycles. The minimum atomic E-state index is -1.51. The van der Waals surface area contributed by atoms with Gasteiger partial charge in [0, 0.05) is 6.54 Å². The molecule has 1 amide bonds. The van der Waals surface area contributed by atoms with E-state index in [0.717, 1.165) is 10.0 Å². The van der Waals surface area contributed by atoms with Crippen molar-refractivity contribution in [3.05, 3.63) is 22.2 Å². The van der Waals surface area contributed by atoms with Crippen LogP contribution in [0, 0.1) is 0 Å². The van der Waals surface area contributed by atoms with E-state index in [-0.39, 0.29) is 6.54 Å². The summed E-state index contributed by atoms with van der Waals surface area (Å²) in [6.45, 7) is -0.385. The van der Waals surface area contributed by atoms with Crippen LogP contribution in [-0.4, -0.2) is 44.9 Å². The van der Waals surface area contributed by atoms with E-state index in [9.17, 15) is 9.59 Å². The maximum Gasteiger partial charge on any atom is 0.508 e. The fourth-order valence-corrected chi connectivity index (χ4v) is 2.09. The molecule has 0 radical (unpaired) electrons. The zero-order valence-corrected chi connectivity index (χ0v) is 13.6. The number of ether oxygens (including phenoxy) is 4. The van der Waals surface area contributed by atoms with Gasteiger partial charge in [0.25, 0.3) is 0 Å². The molecule has 0 bridgehead atoms. The van der Waals surface area contributed by atoms with Crippen LogP contribution < -0.4 is 14.8 Å². The summed E-state index contributed by atoms with van der Waals surface area (Å²) in [7, 11) is 3.09. The molecule has 0 atom stereocenters. The van der Waals surface area contributed by atoms with Gasteiger partial charge >= 0.3 is 12.2 Å². The second-order valence-electron chi connectivity index (χ2n) is 3.94. The van der Waals surface area contributed by atoms with Crippen LogP contribution in [-0.2, 0) is 15.9 Å². The first-order valence-electron chi connectivity index (χ1n) is 6.14. The summed E-state index contributed by atoms with van der Waals surface area (Å²) in [6, 6.07) is 3.57. The van der Waals surface area contributed by atoms with Crippen molar-refractivity contribution in [3.63, 3.8) is 0 Å². The summed E-state index contributed by atoms with van der Waals surface area (Å²) in [5, 5.41) is 10.7. The molecule has 22 heavy (non-hydrogen) atoms. The maximum atomic E-state index is 11.3. The smallest absolute Gasteiger partial charge is 0.496 e. The Morgan fingerprint density at radius 3 is 2.45 bits per heavy atom. The van der Waals surface area contributed by atoms with Crippen LogP contribution in [0.3, 0.4) is 0 Å². The molecule has 0 saturated heterocycles. The molecule has 122 valence electrons. The molecule has 2 N–H and O–H groups in total. The third kappa shape index (κ3) is 5.68. The van der Waals surface area contributed by atoms with Crippen LogP contribution in [0.25, 0.3) is 0 Å². The van der Waals surface area contributed by atoms with Gasteiger partial charge in [0.1, 0.15) is 11.5 Å². The SMILES string of the molecule is COc1cc(CCNC(=O)OCOC(=O)O)c(OC)cc1Br. The first kappa shape index (κ1) is 17.9. The Hall–Kier alpha value is -2.16. The van der Waals surface area contributed by atoms with Crippen molar-refractivity contribution in [2.75, 3.05) is 27.6 Å². The summed E-state index contributed by atoms with van der Waals surface area (Å²) >= 11 is 3.36. The molecule has 0 spiro atoms. The number of carbonyl (C=O) groups is 2. The number of alkyl carbamates (subject to hydrolysis) is 1. The molecule has 0 aliphatic carbocycles. The summed E-state index contributed by atoms with van der Waals surface area (Å²) in [6.07, 6.45) is -1.81. The van der Waals surface area contributed by atoms with Gasteiger partial charge in [-0.3, -0.25) is 0 Å². The van der Waals surface area contributed by atoms with Crippen molar-refractivity contribution in [2.45, 2.75) is 6.42 Å². The fourth-order valence-electron chi connectivity index (χ4n) is 1.60. The average molecular weight is 378 g/mol. The molecule has 0 heterocycles. The number of carbonyl (C=O) groups excluding carboxylic acids is 1. The third-order valence-corrected chi connectivity index (χ3v) is 3.21. The summed E-state index contributed by atoms with van der Waals surface area (Å²) in [4.78, 5) is 21.4. The number of methoxy groups -OCH3 is 2. The van der Waals surface area contributed by atoms with E-state index >= 15 is 0 Å². The molecular weight excluding hydrogens is 362 g/mol. The van der Waals surface area contributed by atoms with Gasteiger partial charge in [-0.1, -0.05) is 0 Å². The van der Waals surface area contributed by atoms with Crippen LogP contribution in [0.4, 0.5) is 9.59 Å². The predicted octanol–water partition coefficient (Wildman–Crippen LogP) is 2.39. The fraction of sp³-hybridized carbons (Fsp3) is 0.385. The van der Waals surface area contributed by atoms with Crippen LogP contribution in [0.1, 0.15) is 5.56 Å². The summed E-state index contributed by atoms with van der Waals surface area (Å²) in [5.41, 5.74) is 0.838. The van der Waals surface area contributed by atoms with Gasteiger partial charge in [0.2, 0.25) is 6.79 Å². The summed E-state index contributed by atoms with van der Waals surface area (Å²) < 4.78 is 19.8. The van der Waals surface area contributed by atoms with Gasteiger partial charge in [0.05, 0.1) is 18.7 Å². The van der Waals surface area contributed by atoms with Crippen molar-refractivity contribution >= 4 is 28.2 Å². The van der Waals surface area contributed by atoms with Gasteiger partial charge in [-0.15, -0.1) is 0 Å². The average Bonchev–Trinajstić information content (AvgIpc) is 2.47. The third-order valence-electron chi connectivity index (χ3n) is 2.59. The molecule has 0 aliphatic rings. The van der Waals surface area contributed by atoms with Gasteiger partial charge in [-0.2, -0.15) is 0 Å². The van der Waals surface area contributed by atoms with E-state index in [1.807, 2.05) is 0 Å². The van der Waals surface area contributed by atoms with E-state index in [4.69, 9.17) is 14.6 Å². The molecule has 0 aliphatic heterocycles. The number of hydrogen-bond donors (Lipinski definition) is 2. The molecule has 0 saturated carbocycles. The highest BCUT2D eigenvalue weighted by Crippen LogP contribution is 2.32. The monoisotopic (exact) mass is 377 g/mol. The van der Waals surface area contributed by atoms with Crippen molar-refractivity contribution in [3.8, 4) is 11.5 Å². The molecular formula is C13H16BrNO7. The lowest BCUT2D eigenvalue weighted by molar-refractivity contribution is 0.00100. The number of rotatable bonds is 7. The second kappa shape index (κ2) is 8.98. The summed E-state index contributed by atoms with van der Waals surface area (Å²) in [5.74, 6) is 1.30. The number of benzene rings is 1. The van der Waals surface area contributed by atoms with Crippen molar-refractivity contribution in [2.24, 2.45) is 0 Å². The molecule has 0 fully saturated rings. The molecule has 9 heteroatoms. The maximum absolute atomic E-state index is 11.3. The Balaban J connectivity index is 2.50. The normalized spacial score (nSPS) is 9.77. The molecule has 1 aromatic rings. The first-order valence-corrected chi connectivity index (χ1v) is 6.94. The molecule has 0 unspecified atom stereocenters. The van der Waals surface area contributed by atoms with Crippen LogP contribution >= 0.6 is 15.9 Å². The standard InChI is InChI=1S/C13H16BrNO7/c1-19-10-6-9(14)11(20-2)5-8(10)3-4-15-12(16)21-7-22-13(17)18/h5-6H,3-4,7H2,1-2H3,(H,15,16)(H,17,18). The minimum Gasteiger partial charge on any atom is -0.496 e. The van der Waals surface area contributed by atoms with Crippen LogP contribution in [0.2, 0.25) is 0 Å². The number of halogens is 1. The van der Waals surface area contributed by atoms with Crippen molar-refractivity contribution < 1.29 is 33.6 Å². The van der Waals surface area contributed by atoms with E-state index in [0.29, 0.717) is 17.9 Å². The molecule has 1 rings (SSSR count). The number of carboxylic acid groups (broad SMARTS) is 1. The Labute approximate surface area is 135 Å². The van der Waals surface area contributed by atoms with Crippen LogP contribution in [0.5, 0.6) is 11.5 Å². The minimum absolute atomic E-state index is 0.271. The zero-order valence-electron chi connectivity index (χ0n) is 12.1. The van der Waals surface area contributed by atoms with E-state index < -0.39 is 19.0 Å². The predicted molar refractivity (Wildman–Crippen MR) is 79.4 cm³/mol. The van der Waals surface area contributed by atoms with Gasteiger partial charge in [0.15, 0.2) is 0 Å². The van der Waals surface area contributed by atoms with Crippen molar-refractivity contribution in [1.82, 2.24) is 5.32 Å². The lowest BCUT2D eigenvalue weighted by Crippen LogP contribution is -2.27. The van der Waals surface area contributed by atoms with Gasteiger partial charge in [-0.25, -0.2) is 9.59 Å². The van der Waals surface area contributed by atoms with Gasteiger partial charge < -0.3 is 29.4 Å². The second-order valence-corrected chi connectivity index (χ2v) is 4.79. The Morgan fingerprint density at radius 2 is 1.86 bits per heavy atom. The van der Waals surface area contributed by atoms with E-state index in [1.165, 1.54) is 0 Å². The lowest BCUT2D eigenvalue weighted by atomic mass is 10.1. The molecule has 8 nitrogen and oxygen atoms in total. The van der Waals surface area contributed by atoms with E-state index in [1.54, 1.807) is 26.4 Å². The van der Waals surface area contributed by atoms with Crippen LogP contribution in [0.15, 0.2) is 16.6 Å². The lowest BCUT2D eigenvalue weighted by Gasteiger charge is -2.12. The Bertz CT molecular complexity index is 535. The highest BCUT2D eigenvalue weighted by atomic mass is 79.9. The quantitative estimate of drug-likeness (QED) is 0.555. The Kier molecular flexibility index (Phi) is 7.30. The highest BCUT2D eigenvalue weighted by molar-refractivity contribution is 9.10. The molecule has 0 aromatic heterocycles. The number of hydrogen-bond acceptors (Lipinski definition) is 6. The Morgan fingerprint density at radius 1 is 1.18 bits per heavy atom. The number of nitrogens with one attached hydrogen (secondary N) is 1. The van der Waals surface area contributed by atoms with E-state index in [2.05, 4.69) is 30.7 Å². The highest BCUT2D eigenvalue weighted by Gasteiger charge is 2.10. The first-order chi connectivity index (χ1) is 10.5. The van der Waals surface area contributed by atoms with Crippen molar-refractivity contribution in [1.29, 1.82) is 0 Å². The zero-order chi connectivity index (χ0) is 16.5.